The highest BCUT2D eigenvalue weighted by Crippen LogP contribution is 2.14. The fourth-order valence-electron chi connectivity index (χ4n) is 2.23. The van der Waals surface area contributed by atoms with E-state index in [9.17, 15) is 13.2 Å². The van der Waals surface area contributed by atoms with Gasteiger partial charge in [-0.3, -0.25) is 4.79 Å². The van der Waals surface area contributed by atoms with Crippen molar-refractivity contribution in [3.05, 3.63) is 0 Å². The van der Waals surface area contributed by atoms with E-state index in [1.54, 1.807) is 0 Å². The highest BCUT2D eigenvalue weighted by atomic mass is 32.2. The standard InChI is InChI=1S/C10H18N2O3S/c13-10(8-1-4-11-7-8)12-9-2-5-16(14,15)6-3-9/h8-9,11H,1-7H2,(H,12,13). The number of sulfone groups is 1. The van der Waals surface area contributed by atoms with Crippen LogP contribution in [0.2, 0.25) is 0 Å². The maximum absolute atomic E-state index is 11.8. The van der Waals surface area contributed by atoms with Gasteiger partial charge in [-0.15, -0.1) is 0 Å². The lowest BCUT2D eigenvalue weighted by Crippen LogP contribution is -2.43. The van der Waals surface area contributed by atoms with E-state index in [0.29, 0.717) is 12.8 Å². The molecule has 0 radical (unpaired) electrons. The molecule has 0 bridgehead atoms. The summed E-state index contributed by atoms with van der Waals surface area (Å²) in [5.74, 6) is 0.565. The molecule has 92 valence electrons. The molecule has 0 spiro atoms. The van der Waals surface area contributed by atoms with E-state index in [1.165, 1.54) is 0 Å². The minimum atomic E-state index is -2.83. The molecule has 1 atom stereocenters. The van der Waals surface area contributed by atoms with Crippen LogP contribution in [0.5, 0.6) is 0 Å². The van der Waals surface area contributed by atoms with Crippen molar-refractivity contribution in [1.29, 1.82) is 0 Å². The Balaban J connectivity index is 1.80. The van der Waals surface area contributed by atoms with Gasteiger partial charge in [0.2, 0.25) is 5.91 Å². The number of rotatable bonds is 2. The first-order valence-electron chi connectivity index (χ1n) is 5.78. The first-order chi connectivity index (χ1) is 7.57. The van der Waals surface area contributed by atoms with Crippen LogP contribution in [-0.4, -0.2) is 45.0 Å². The average molecular weight is 246 g/mol. The number of hydrogen-bond donors (Lipinski definition) is 2. The Labute approximate surface area is 95.9 Å². The Morgan fingerprint density at radius 3 is 2.44 bits per heavy atom. The van der Waals surface area contributed by atoms with E-state index in [0.717, 1.165) is 19.5 Å². The molecule has 2 fully saturated rings. The van der Waals surface area contributed by atoms with Crippen LogP contribution in [0, 0.1) is 5.92 Å². The second kappa shape index (κ2) is 4.71. The van der Waals surface area contributed by atoms with Crippen LogP contribution < -0.4 is 10.6 Å². The minimum Gasteiger partial charge on any atom is -0.353 e. The predicted octanol–water partition coefficient (Wildman–Crippen LogP) is -0.711. The first-order valence-corrected chi connectivity index (χ1v) is 7.60. The summed E-state index contributed by atoms with van der Waals surface area (Å²) in [5, 5.41) is 6.10. The summed E-state index contributed by atoms with van der Waals surface area (Å²) in [6.45, 7) is 1.65. The van der Waals surface area contributed by atoms with Crippen molar-refractivity contribution in [2.75, 3.05) is 24.6 Å². The zero-order valence-electron chi connectivity index (χ0n) is 9.24. The van der Waals surface area contributed by atoms with Gasteiger partial charge in [-0.25, -0.2) is 8.42 Å². The summed E-state index contributed by atoms with van der Waals surface area (Å²) in [7, 11) is -2.83. The van der Waals surface area contributed by atoms with Crippen molar-refractivity contribution in [2.24, 2.45) is 5.92 Å². The maximum atomic E-state index is 11.8. The third-order valence-corrected chi connectivity index (χ3v) is 5.05. The van der Waals surface area contributed by atoms with Crippen LogP contribution in [0.4, 0.5) is 0 Å². The summed E-state index contributed by atoms with van der Waals surface area (Å²) in [4.78, 5) is 11.8. The molecule has 1 unspecified atom stereocenters. The largest absolute Gasteiger partial charge is 0.353 e. The minimum absolute atomic E-state index is 0.0524. The SMILES string of the molecule is O=C(NC1CCS(=O)(=O)CC1)C1CCNC1. The summed E-state index contributed by atoms with van der Waals surface area (Å²) in [5.41, 5.74) is 0. The number of carbonyl (C=O) groups is 1. The monoisotopic (exact) mass is 246 g/mol. The summed E-state index contributed by atoms with van der Waals surface area (Å²) in [6, 6.07) is 0.0524. The van der Waals surface area contributed by atoms with Crippen LogP contribution in [0.25, 0.3) is 0 Å². The van der Waals surface area contributed by atoms with Gasteiger partial charge in [0.1, 0.15) is 9.84 Å². The number of carbonyl (C=O) groups excluding carboxylic acids is 1. The zero-order chi connectivity index (χ0) is 11.6. The molecule has 0 aromatic carbocycles. The highest BCUT2D eigenvalue weighted by molar-refractivity contribution is 7.91. The average Bonchev–Trinajstić information content (AvgIpc) is 2.74. The van der Waals surface area contributed by atoms with E-state index in [2.05, 4.69) is 10.6 Å². The molecule has 2 heterocycles. The van der Waals surface area contributed by atoms with Crippen molar-refractivity contribution in [3.63, 3.8) is 0 Å². The van der Waals surface area contributed by atoms with Gasteiger partial charge < -0.3 is 10.6 Å². The number of nitrogens with one attached hydrogen (secondary N) is 2. The molecule has 2 saturated heterocycles. The van der Waals surface area contributed by atoms with Gasteiger partial charge in [0.25, 0.3) is 0 Å². The topological polar surface area (TPSA) is 75.3 Å². The second-order valence-electron chi connectivity index (χ2n) is 4.62. The zero-order valence-corrected chi connectivity index (χ0v) is 10.1. The van der Waals surface area contributed by atoms with Crippen LogP contribution >= 0.6 is 0 Å². The van der Waals surface area contributed by atoms with Crippen molar-refractivity contribution in [1.82, 2.24) is 10.6 Å². The van der Waals surface area contributed by atoms with Crippen molar-refractivity contribution in [2.45, 2.75) is 25.3 Å². The Hall–Kier alpha value is -0.620. The Kier molecular flexibility index (Phi) is 3.49. The molecule has 0 aliphatic carbocycles. The van der Waals surface area contributed by atoms with E-state index < -0.39 is 9.84 Å². The molecule has 16 heavy (non-hydrogen) atoms. The molecular weight excluding hydrogens is 228 g/mol. The lowest BCUT2D eigenvalue weighted by Gasteiger charge is -2.24. The van der Waals surface area contributed by atoms with Crippen molar-refractivity contribution in [3.8, 4) is 0 Å². The third-order valence-electron chi connectivity index (χ3n) is 3.33. The summed E-state index contributed by atoms with van der Waals surface area (Å²) >= 11 is 0. The molecule has 5 nitrogen and oxygen atoms in total. The third kappa shape index (κ3) is 2.95. The predicted molar refractivity (Wildman–Crippen MR) is 60.8 cm³/mol. The lowest BCUT2D eigenvalue weighted by molar-refractivity contribution is -0.125. The first kappa shape index (κ1) is 11.9. The molecule has 6 heteroatoms. The summed E-state index contributed by atoms with van der Waals surface area (Å²) in [6.07, 6.45) is 2.01. The molecule has 2 aliphatic rings. The number of hydrogen-bond acceptors (Lipinski definition) is 4. The number of amides is 1. The van der Waals surface area contributed by atoms with Gasteiger partial charge in [0.05, 0.1) is 17.4 Å². The Bertz CT molecular complexity index is 346. The fourth-order valence-corrected chi connectivity index (χ4v) is 3.72. The lowest BCUT2D eigenvalue weighted by atomic mass is 10.1. The summed E-state index contributed by atoms with van der Waals surface area (Å²) < 4.78 is 22.4. The van der Waals surface area contributed by atoms with E-state index in [4.69, 9.17) is 0 Å². The van der Waals surface area contributed by atoms with Gasteiger partial charge in [0, 0.05) is 12.6 Å². The van der Waals surface area contributed by atoms with Crippen molar-refractivity contribution < 1.29 is 13.2 Å². The normalized spacial score (nSPS) is 30.1. The van der Waals surface area contributed by atoms with E-state index >= 15 is 0 Å². The van der Waals surface area contributed by atoms with Gasteiger partial charge >= 0.3 is 0 Å². The van der Waals surface area contributed by atoms with Crippen LogP contribution in [0.1, 0.15) is 19.3 Å². The Morgan fingerprint density at radius 2 is 1.88 bits per heavy atom. The molecule has 0 aromatic rings. The smallest absolute Gasteiger partial charge is 0.224 e. The molecule has 2 aliphatic heterocycles. The van der Waals surface area contributed by atoms with Crippen LogP contribution in [0.15, 0.2) is 0 Å². The van der Waals surface area contributed by atoms with Crippen LogP contribution in [-0.2, 0) is 14.6 Å². The molecule has 2 N–H and O–H groups in total. The molecule has 2 rings (SSSR count). The highest BCUT2D eigenvalue weighted by Gasteiger charge is 2.28. The van der Waals surface area contributed by atoms with Crippen LogP contribution in [0.3, 0.4) is 0 Å². The molecular formula is C10H18N2O3S. The maximum Gasteiger partial charge on any atom is 0.224 e. The van der Waals surface area contributed by atoms with E-state index in [-0.39, 0.29) is 29.4 Å². The molecule has 1 amide bonds. The second-order valence-corrected chi connectivity index (χ2v) is 6.93. The fraction of sp³-hybridized carbons (Fsp3) is 0.900. The van der Waals surface area contributed by atoms with Gasteiger partial charge in [0.15, 0.2) is 0 Å². The Morgan fingerprint density at radius 1 is 1.19 bits per heavy atom. The molecule has 0 saturated carbocycles. The van der Waals surface area contributed by atoms with Gasteiger partial charge in [-0.1, -0.05) is 0 Å². The van der Waals surface area contributed by atoms with E-state index in [1.807, 2.05) is 0 Å². The molecule has 0 aromatic heterocycles. The van der Waals surface area contributed by atoms with Gasteiger partial charge in [-0.2, -0.15) is 0 Å². The quantitative estimate of drug-likeness (QED) is 0.675. The van der Waals surface area contributed by atoms with Gasteiger partial charge in [-0.05, 0) is 25.8 Å². The van der Waals surface area contributed by atoms with Crippen molar-refractivity contribution >= 4 is 15.7 Å².